The van der Waals surface area contributed by atoms with Crippen LogP contribution in [0.3, 0.4) is 0 Å². The molecule has 0 aromatic rings. The highest BCUT2D eigenvalue weighted by molar-refractivity contribution is 5.76. The smallest absolute Gasteiger partial charge is 0.245 e. The van der Waals surface area contributed by atoms with Crippen LogP contribution >= 0.6 is 0 Å². The maximum atomic E-state index is 11.0. The van der Waals surface area contributed by atoms with Crippen LogP contribution in [-0.2, 0) is 4.79 Å². The van der Waals surface area contributed by atoms with Gasteiger partial charge in [0, 0.05) is 6.54 Å². The first-order chi connectivity index (χ1) is 8.22. The summed E-state index contributed by atoms with van der Waals surface area (Å²) >= 11 is 0. The average Bonchev–Trinajstić information content (AvgIpc) is 2.27. The lowest BCUT2D eigenvalue weighted by Crippen LogP contribution is -2.39. The molecule has 4 nitrogen and oxygen atoms in total. The van der Waals surface area contributed by atoms with Crippen molar-refractivity contribution in [3.05, 3.63) is 0 Å². The van der Waals surface area contributed by atoms with Gasteiger partial charge in [-0.3, -0.25) is 4.79 Å². The van der Waals surface area contributed by atoms with E-state index in [9.17, 15) is 4.79 Å². The monoisotopic (exact) mass is 260 g/mol. The number of rotatable bonds is 7. The predicted molar refractivity (Wildman–Crippen MR) is 77.5 cm³/mol. The Hall–Kier alpha value is -0.610. The molecule has 0 radical (unpaired) electrons. The second-order valence-corrected chi connectivity index (χ2v) is 5.97. The van der Waals surface area contributed by atoms with Crippen molar-refractivity contribution in [2.75, 3.05) is 26.7 Å². The molecule has 0 saturated heterocycles. The molecule has 110 valence electrons. The van der Waals surface area contributed by atoms with Gasteiger partial charge in [-0.1, -0.05) is 41.5 Å². The van der Waals surface area contributed by atoms with Crippen LogP contribution in [0.2, 0.25) is 0 Å². The summed E-state index contributed by atoms with van der Waals surface area (Å²) < 4.78 is 0. The molecule has 0 spiro atoms. The number of carbonyl (C=O) groups is 1. The van der Waals surface area contributed by atoms with Crippen molar-refractivity contribution in [1.29, 1.82) is 0 Å². The third-order valence-corrected chi connectivity index (χ3v) is 2.52. The summed E-state index contributed by atoms with van der Waals surface area (Å²) in [5, 5.41) is 14.5. The van der Waals surface area contributed by atoms with Gasteiger partial charge in [0.05, 0.1) is 0 Å². The second-order valence-electron chi connectivity index (χ2n) is 5.97. The quantitative estimate of drug-likeness (QED) is 0.654. The zero-order chi connectivity index (χ0) is 14.8. The van der Waals surface area contributed by atoms with Crippen LogP contribution in [0.15, 0.2) is 0 Å². The summed E-state index contributed by atoms with van der Waals surface area (Å²) in [4.78, 5) is 11.0. The summed E-state index contributed by atoms with van der Waals surface area (Å²) in [7, 11) is 1.95. The molecule has 0 unspecified atom stereocenters. The van der Waals surface area contributed by atoms with Gasteiger partial charge in [0.15, 0.2) is 0 Å². The standard InChI is InChI=1S/C12H26N2O2.C2H6/c1-11(2,8-13-5)7-12(3,4)9-14-10(16)6-15;1-2/h13,15H,6-9H2,1-5H3,(H,14,16);1-2H3. The number of hydrogen-bond acceptors (Lipinski definition) is 3. The van der Waals surface area contributed by atoms with Crippen LogP contribution < -0.4 is 10.6 Å². The van der Waals surface area contributed by atoms with Crippen molar-refractivity contribution in [2.24, 2.45) is 10.8 Å². The van der Waals surface area contributed by atoms with E-state index in [0.717, 1.165) is 13.0 Å². The molecule has 0 aliphatic heterocycles. The van der Waals surface area contributed by atoms with Gasteiger partial charge in [0.25, 0.3) is 0 Å². The average molecular weight is 260 g/mol. The van der Waals surface area contributed by atoms with Crippen molar-refractivity contribution in [1.82, 2.24) is 10.6 Å². The topological polar surface area (TPSA) is 61.4 Å². The van der Waals surface area contributed by atoms with Crippen molar-refractivity contribution in [3.63, 3.8) is 0 Å². The third-order valence-electron chi connectivity index (χ3n) is 2.52. The van der Waals surface area contributed by atoms with Gasteiger partial charge in [-0.05, 0) is 30.8 Å². The molecule has 3 N–H and O–H groups in total. The number of nitrogens with one attached hydrogen (secondary N) is 2. The highest BCUT2D eigenvalue weighted by Crippen LogP contribution is 2.32. The first-order valence-corrected chi connectivity index (χ1v) is 6.75. The number of aliphatic hydroxyl groups excluding tert-OH is 1. The lowest BCUT2D eigenvalue weighted by molar-refractivity contribution is -0.124. The van der Waals surface area contributed by atoms with E-state index in [1.165, 1.54) is 0 Å². The number of amides is 1. The van der Waals surface area contributed by atoms with E-state index in [1.54, 1.807) is 0 Å². The molecule has 0 saturated carbocycles. The minimum absolute atomic E-state index is 0.0329. The fraction of sp³-hybridized carbons (Fsp3) is 0.929. The first kappa shape index (κ1) is 19.7. The van der Waals surface area contributed by atoms with Crippen LogP contribution in [0.25, 0.3) is 0 Å². The molecule has 1 amide bonds. The van der Waals surface area contributed by atoms with E-state index in [0.29, 0.717) is 6.54 Å². The zero-order valence-corrected chi connectivity index (χ0v) is 13.2. The molecule has 0 bridgehead atoms. The Kier molecular flexibility index (Phi) is 10.2. The number of hydrogen-bond donors (Lipinski definition) is 3. The minimum Gasteiger partial charge on any atom is -0.387 e. The molecule has 0 aromatic heterocycles. The fourth-order valence-electron chi connectivity index (χ4n) is 2.29. The second kappa shape index (κ2) is 9.34. The Morgan fingerprint density at radius 2 is 1.50 bits per heavy atom. The Morgan fingerprint density at radius 1 is 1.06 bits per heavy atom. The Labute approximate surface area is 113 Å². The lowest BCUT2D eigenvalue weighted by atomic mass is 9.75. The van der Waals surface area contributed by atoms with E-state index in [1.807, 2.05) is 20.9 Å². The van der Waals surface area contributed by atoms with E-state index < -0.39 is 6.61 Å². The molecule has 0 aliphatic carbocycles. The predicted octanol–water partition coefficient (Wildman–Crippen LogP) is 1.78. The molecule has 0 fully saturated rings. The SMILES string of the molecule is CC.CNCC(C)(C)CC(C)(C)CNC(=O)CO. The first-order valence-electron chi connectivity index (χ1n) is 6.75. The molecule has 18 heavy (non-hydrogen) atoms. The van der Waals surface area contributed by atoms with Crippen molar-refractivity contribution in [3.8, 4) is 0 Å². The van der Waals surface area contributed by atoms with Gasteiger partial charge >= 0.3 is 0 Å². The maximum Gasteiger partial charge on any atom is 0.245 e. The lowest BCUT2D eigenvalue weighted by Gasteiger charge is -2.35. The van der Waals surface area contributed by atoms with E-state index in [-0.39, 0.29) is 16.7 Å². The summed E-state index contributed by atoms with van der Waals surface area (Å²) in [6.45, 7) is 13.8. The third kappa shape index (κ3) is 10.5. The Bertz CT molecular complexity index is 226. The van der Waals surface area contributed by atoms with Gasteiger partial charge in [-0.2, -0.15) is 0 Å². The summed E-state index contributed by atoms with van der Waals surface area (Å²) in [5.74, 6) is -0.306. The number of carbonyl (C=O) groups excluding carboxylic acids is 1. The van der Waals surface area contributed by atoms with Crippen LogP contribution in [0.5, 0.6) is 0 Å². The molecule has 0 aliphatic rings. The molecule has 0 rings (SSSR count). The summed E-state index contributed by atoms with van der Waals surface area (Å²) in [5.41, 5.74) is 0.230. The van der Waals surface area contributed by atoms with E-state index >= 15 is 0 Å². The highest BCUT2D eigenvalue weighted by atomic mass is 16.3. The highest BCUT2D eigenvalue weighted by Gasteiger charge is 2.28. The summed E-state index contributed by atoms with van der Waals surface area (Å²) in [6.07, 6.45) is 1.01. The van der Waals surface area contributed by atoms with Gasteiger partial charge in [0.2, 0.25) is 5.91 Å². The van der Waals surface area contributed by atoms with E-state index in [4.69, 9.17) is 5.11 Å². The van der Waals surface area contributed by atoms with Gasteiger partial charge in [-0.25, -0.2) is 0 Å². The van der Waals surface area contributed by atoms with Crippen LogP contribution in [0.4, 0.5) is 0 Å². The molecule has 0 aromatic carbocycles. The van der Waals surface area contributed by atoms with Crippen molar-refractivity contribution >= 4 is 5.91 Å². The van der Waals surface area contributed by atoms with Gasteiger partial charge in [0.1, 0.15) is 6.61 Å². The van der Waals surface area contributed by atoms with Crippen LogP contribution in [0, 0.1) is 10.8 Å². The molecule has 0 atom stereocenters. The minimum atomic E-state index is -0.435. The van der Waals surface area contributed by atoms with Crippen LogP contribution in [0.1, 0.15) is 48.0 Å². The maximum absolute atomic E-state index is 11.0. The van der Waals surface area contributed by atoms with Gasteiger partial charge < -0.3 is 15.7 Å². The Balaban J connectivity index is 0. The Morgan fingerprint density at radius 3 is 1.89 bits per heavy atom. The fourth-order valence-corrected chi connectivity index (χ4v) is 2.29. The molecule has 4 heteroatoms. The largest absolute Gasteiger partial charge is 0.387 e. The van der Waals surface area contributed by atoms with Gasteiger partial charge in [-0.15, -0.1) is 0 Å². The van der Waals surface area contributed by atoms with Crippen LogP contribution in [-0.4, -0.2) is 37.8 Å². The normalized spacial score (nSPS) is 11.6. The molecule has 0 heterocycles. The number of aliphatic hydroxyl groups is 1. The molecular weight excluding hydrogens is 228 g/mol. The van der Waals surface area contributed by atoms with Crippen molar-refractivity contribution in [2.45, 2.75) is 48.0 Å². The molecular formula is C14H32N2O2. The van der Waals surface area contributed by atoms with E-state index in [2.05, 4.69) is 38.3 Å². The van der Waals surface area contributed by atoms with Crippen molar-refractivity contribution < 1.29 is 9.90 Å². The summed E-state index contributed by atoms with van der Waals surface area (Å²) in [6, 6.07) is 0. The zero-order valence-electron chi connectivity index (χ0n) is 13.2.